The van der Waals surface area contributed by atoms with Crippen molar-refractivity contribution in [1.29, 1.82) is 0 Å². The highest BCUT2D eigenvalue weighted by Crippen LogP contribution is 2.35. The van der Waals surface area contributed by atoms with Crippen LogP contribution < -0.4 is 4.90 Å². The summed E-state index contributed by atoms with van der Waals surface area (Å²) in [5.41, 5.74) is 4.83. The second-order valence-corrected chi connectivity index (χ2v) is 11.1. The predicted octanol–water partition coefficient (Wildman–Crippen LogP) is 3.02. The molecule has 2 heterocycles. The molecule has 2 atom stereocenters. The monoisotopic (exact) mass is 455 g/mol. The molecule has 2 aliphatic heterocycles. The number of hydrogen-bond acceptors (Lipinski definition) is 4. The van der Waals surface area contributed by atoms with Crippen molar-refractivity contribution in [2.24, 2.45) is 5.92 Å². The molecule has 0 bridgehead atoms. The second-order valence-electron chi connectivity index (χ2n) is 9.14. The molecule has 2 aromatic carbocycles. The SMILES string of the molecule is Cc1ccc(C)c(N2CCN(C(=O)C3CN(S(C)(=O)=O)CCC3c3ccccc3)CC2)c1. The lowest BCUT2D eigenvalue weighted by molar-refractivity contribution is -0.137. The van der Waals surface area contributed by atoms with Crippen molar-refractivity contribution < 1.29 is 13.2 Å². The Morgan fingerprint density at radius 3 is 2.28 bits per heavy atom. The van der Waals surface area contributed by atoms with Gasteiger partial charge in [0, 0.05) is 45.0 Å². The Labute approximate surface area is 191 Å². The Kier molecular flexibility index (Phi) is 6.58. The molecule has 2 fully saturated rings. The van der Waals surface area contributed by atoms with Crippen LogP contribution in [-0.2, 0) is 14.8 Å². The van der Waals surface area contributed by atoms with Crippen molar-refractivity contribution in [2.75, 3.05) is 50.4 Å². The van der Waals surface area contributed by atoms with E-state index in [4.69, 9.17) is 0 Å². The zero-order chi connectivity index (χ0) is 22.9. The molecule has 32 heavy (non-hydrogen) atoms. The number of hydrogen-bond donors (Lipinski definition) is 0. The van der Waals surface area contributed by atoms with Gasteiger partial charge in [-0.25, -0.2) is 12.7 Å². The fourth-order valence-electron chi connectivity index (χ4n) is 5.04. The number of rotatable bonds is 4. The summed E-state index contributed by atoms with van der Waals surface area (Å²) in [5.74, 6) is -0.236. The minimum absolute atomic E-state index is 0.0405. The van der Waals surface area contributed by atoms with Crippen LogP contribution in [0.1, 0.15) is 29.0 Å². The Hall–Kier alpha value is -2.38. The van der Waals surface area contributed by atoms with Gasteiger partial charge in [-0.2, -0.15) is 0 Å². The number of amides is 1. The van der Waals surface area contributed by atoms with Crippen molar-refractivity contribution in [3.8, 4) is 0 Å². The summed E-state index contributed by atoms with van der Waals surface area (Å²) < 4.78 is 25.9. The summed E-state index contributed by atoms with van der Waals surface area (Å²) in [5, 5.41) is 0. The molecule has 0 saturated carbocycles. The molecule has 0 aliphatic carbocycles. The highest BCUT2D eigenvalue weighted by Gasteiger charge is 2.40. The van der Waals surface area contributed by atoms with Crippen LogP contribution >= 0.6 is 0 Å². The molecule has 0 N–H and O–H groups in total. The number of nitrogens with zero attached hydrogens (tertiary/aromatic N) is 3. The number of piperidine rings is 1. The molecule has 0 spiro atoms. The van der Waals surface area contributed by atoms with Gasteiger partial charge in [-0.05, 0) is 48.9 Å². The minimum Gasteiger partial charge on any atom is -0.368 e. The Balaban J connectivity index is 1.51. The zero-order valence-electron chi connectivity index (χ0n) is 19.2. The van der Waals surface area contributed by atoms with E-state index in [1.54, 1.807) is 0 Å². The number of carbonyl (C=O) groups excluding carboxylic acids is 1. The molecule has 2 unspecified atom stereocenters. The summed E-state index contributed by atoms with van der Waals surface area (Å²) in [4.78, 5) is 17.9. The first-order chi connectivity index (χ1) is 15.2. The van der Waals surface area contributed by atoms with Crippen molar-refractivity contribution in [1.82, 2.24) is 9.21 Å². The highest BCUT2D eigenvalue weighted by molar-refractivity contribution is 7.88. The quantitative estimate of drug-likeness (QED) is 0.711. The second kappa shape index (κ2) is 9.24. The number of aryl methyl sites for hydroxylation is 2. The molecule has 2 aliphatic rings. The third kappa shape index (κ3) is 4.84. The number of anilines is 1. The van der Waals surface area contributed by atoms with E-state index < -0.39 is 10.0 Å². The predicted molar refractivity (Wildman–Crippen MR) is 128 cm³/mol. The van der Waals surface area contributed by atoms with Crippen LogP contribution in [0.15, 0.2) is 48.5 Å². The van der Waals surface area contributed by atoms with Crippen LogP contribution in [0.5, 0.6) is 0 Å². The van der Waals surface area contributed by atoms with Gasteiger partial charge in [0.1, 0.15) is 0 Å². The minimum atomic E-state index is -3.33. The van der Waals surface area contributed by atoms with Gasteiger partial charge >= 0.3 is 0 Å². The summed E-state index contributed by atoms with van der Waals surface area (Å²) >= 11 is 0. The van der Waals surface area contributed by atoms with Gasteiger partial charge in [0.25, 0.3) is 0 Å². The molecule has 6 nitrogen and oxygen atoms in total. The number of piperazine rings is 1. The fraction of sp³-hybridized carbons (Fsp3) is 0.480. The number of carbonyl (C=O) groups is 1. The van der Waals surface area contributed by atoms with E-state index >= 15 is 0 Å². The number of sulfonamides is 1. The van der Waals surface area contributed by atoms with Crippen LogP contribution in [-0.4, -0.2) is 69.1 Å². The van der Waals surface area contributed by atoms with Gasteiger partial charge in [-0.15, -0.1) is 0 Å². The maximum absolute atomic E-state index is 13.7. The molecule has 2 saturated heterocycles. The van der Waals surface area contributed by atoms with Gasteiger partial charge in [0.2, 0.25) is 15.9 Å². The smallest absolute Gasteiger partial charge is 0.227 e. The largest absolute Gasteiger partial charge is 0.368 e. The molecular formula is C25H33N3O3S. The van der Waals surface area contributed by atoms with E-state index in [2.05, 4.69) is 49.1 Å². The molecule has 0 aromatic heterocycles. The topological polar surface area (TPSA) is 60.9 Å². The van der Waals surface area contributed by atoms with Crippen molar-refractivity contribution >= 4 is 21.6 Å². The Morgan fingerprint density at radius 2 is 1.62 bits per heavy atom. The lowest BCUT2D eigenvalue weighted by Crippen LogP contribution is -2.54. The van der Waals surface area contributed by atoms with E-state index in [0.29, 0.717) is 26.1 Å². The van der Waals surface area contributed by atoms with Crippen LogP contribution in [0.2, 0.25) is 0 Å². The van der Waals surface area contributed by atoms with Gasteiger partial charge < -0.3 is 9.80 Å². The Morgan fingerprint density at radius 1 is 0.938 bits per heavy atom. The van der Waals surface area contributed by atoms with Crippen LogP contribution in [0.4, 0.5) is 5.69 Å². The zero-order valence-corrected chi connectivity index (χ0v) is 20.0. The van der Waals surface area contributed by atoms with E-state index in [0.717, 1.165) is 18.7 Å². The van der Waals surface area contributed by atoms with Crippen molar-refractivity contribution in [3.63, 3.8) is 0 Å². The van der Waals surface area contributed by atoms with Gasteiger partial charge in [-0.1, -0.05) is 42.5 Å². The third-order valence-electron chi connectivity index (χ3n) is 6.89. The molecule has 172 valence electrons. The van der Waals surface area contributed by atoms with E-state index in [-0.39, 0.29) is 24.3 Å². The van der Waals surface area contributed by atoms with E-state index in [1.807, 2.05) is 23.1 Å². The van der Waals surface area contributed by atoms with Crippen LogP contribution in [0, 0.1) is 19.8 Å². The summed E-state index contributed by atoms with van der Waals surface area (Å²) in [6.07, 6.45) is 1.90. The average Bonchev–Trinajstić information content (AvgIpc) is 2.80. The van der Waals surface area contributed by atoms with Crippen LogP contribution in [0.3, 0.4) is 0 Å². The standard InChI is InChI=1S/C25H33N3O3S/c1-19-9-10-20(2)24(17-19)26-13-15-27(16-14-26)25(29)23-18-28(32(3,30)31)12-11-22(23)21-7-5-4-6-8-21/h4-10,17,22-23H,11-16,18H2,1-3H3. The number of benzene rings is 2. The van der Waals surface area contributed by atoms with Gasteiger partial charge in [0.15, 0.2) is 0 Å². The normalized spacial score (nSPS) is 22.7. The van der Waals surface area contributed by atoms with Gasteiger partial charge in [0.05, 0.1) is 12.2 Å². The third-order valence-corrected chi connectivity index (χ3v) is 8.16. The molecule has 4 rings (SSSR count). The molecule has 1 amide bonds. The molecule has 0 radical (unpaired) electrons. The fourth-order valence-corrected chi connectivity index (χ4v) is 5.90. The molecular weight excluding hydrogens is 422 g/mol. The van der Waals surface area contributed by atoms with Crippen LogP contribution in [0.25, 0.3) is 0 Å². The summed E-state index contributed by atoms with van der Waals surface area (Å²) in [6, 6.07) is 16.5. The summed E-state index contributed by atoms with van der Waals surface area (Å²) in [7, 11) is -3.33. The molecule has 2 aromatic rings. The van der Waals surface area contributed by atoms with Crippen molar-refractivity contribution in [2.45, 2.75) is 26.2 Å². The lowest BCUT2D eigenvalue weighted by atomic mass is 9.80. The first-order valence-corrected chi connectivity index (χ1v) is 13.2. The van der Waals surface area contributed by atoms with Gasteiger partial charge in [-0.3, -0.25) is 4.79 Å². The lowest BCUT2D eigenvalue weighted by Gasteiger charge is -2.42. The molecule has 7 heteroatoms. The maximum Gasteiger partial charge on any atom is 0.227 e. The highest BCUT2D eigenvalue weighted by atomic mass is 32.2. The first-order valence-electron chi connectivity index (χ1n) is 11.3. The average molecular weight is 456 g/mol. The van der Waals surface area contributed by atoms with E-state index in [1.165, 1.54) is 27.4 Å². The Bertz CT molecular complexity index is 1060. The summed E-state index contributed by atoms with van der Waals surface area (Å²) in [6.45, 7) is 7.83. The van der Waals surface area contributed by atoms with Crippen molar-refractivity contribution in [3.05, 3.63) is 65.2 Å². The first kappa shape index (κ1) is 22.8. The maximum atomic E-state index is 13.7. The van der Waals surface area contributed by atoms with E-state index in [9.17, 15) is 13.2 Å².